The van der Waals surface area contributed by atoms with Crippen molar-refractivity contribution in [3.63, 3.8) is 0 Å². The first kappa shape index (κ1) is 25.6. The molecule has 1 unspecified atom stereocenters. The molecule has 0 aliphatic heterocycles. The normalized spacial score (nSPS) is 31.5. The molecule has 3 aliphatic carbocycles. The molecule has 0 aromatic rings. The van der Waals surface area contributed by atoms with Gasteiger partial charge in [0.25, 0.3) is 0 Å². The van der Waals surface area contributed by atoms with Crippen LogP contribution in [0.2, 0.25) is 0 Å². The first-order chi connectivity index (χ1) is 15.3. The summed E-state index contributed by atoms with van der Waals surface area (Å²) in [5.41, 5.74) is 0. The monoisotopic (exact) mass is 430 g/mol. The molecule has 1 atom stereocenters. The van der Waals surface area contributed by atoms with Crippen LogP contribution in [0.4, 0.5) is 0 Å². The van der Waals surface area contributed by atoms with E-state index in [1.165, 1.54) is 57.8 Å². The lowest BCUT2D eigenvalue weighted by Gasteiger charge is -2.37. The lowest BCUT2D eigenvalue weighted by atomic mass is 9.69. The van der Waals surface area contributed by atoms with Gasteiger partial charge in [0.05, 0.1) is 0 Å². The van der Waals surface area contributed by atoms with Crippen molar-refractivity contribution >= 4 is 0 Å². The Morgan fingerprint density at radius 1 is 0.516 bits per heavy atom. The number of hydrogen-bond acceptors (Lipinski definition) is 0. The van der Waals surface area contributed by atoms with Crippen molar-refractivity contribution in [2.45, 2.75) is 162 Å². The van der Waals surface area contributed by atoms with Crippen LogP contribution in [0.3, 0.4) is 0 Å². The van der Waals surface area contributed by atoms with Crippen LogP contribution in [0, 0.1) is 35.5 Å². The highest BCUT2D eigenvalue weighted by molar-refractivity contribution is 4.82. The van der Waals surface area contributed by atoms with Crippen molar-refractivity contribution in [1.82, 2.24) is 0 Å². The second-order valence-electron chi connectivity index (χ2n) is 12.4. The maximum atomic E-state index is 2.38. The summed E-state index contributed by atoms with van der Waals surface area (Å²) in [6.07, 6.45) is 35.3. The standard InChI is InChI=1S/C31H58/c1-3-5-6-8-12-27-19-21-29(22-20-27)25-31(30-13-9-7-10-14-30)24-23-28-17-15-26(11-4-2)16-18-28/h26-31H,3-25H2,1-2H3. The van der Waals surface area contributed by atoms with Crippen molar-refractivity contribution in [2.75, 3.05) is 0 Å². The Kier molecular flexibility index (Phi) is 12.4. The molecule has 182 valence electrons. The minimum Gasteiger partial charge on any atom is -0.0654 e. The minimum absolute atomic E-state index is 1.08. The van der Waals surface area contributed by atoms with Gasteiger partial charge in [-0.2, -0.15) is 0 Å². The molecule has 0 spiro atoms. The Bertz CT molecular complexity index is 417. The number of rotatable bonds is 13. The Morgan fingerprint density at radius 3 is 1.71 bits per heavy atom. The molecule has 0 heteroatoms. The van der Waals surface area contributed by atoms with E-state index in [0.717, 1.165) is 35.5 Å². The van der Waals surface area contributed by atoms with E-state index in [9.17, 15) is 0 Å². The lowest BCUT2D eigenvalue weighted by Crippen LogP contribution is -2.24. The Labute approximate surface area is 197 Å². The molecule has 0 heterocycles. The van der Waals surface area contributed by atoms with Crippen LogP contribution < -0.4 is 0 Å². The summed E-state index contributed by atoms with van der Waals surface area (Å²) in [6, 6.07) is 0. The van der Waals surface area contributed by atoms with E-state index < -0.39 is 0 Å². The molecule has 3 saturated carbocycles. The topological polar surface area (TPSA) is 0 Å². The van der Waals surface area contributed by atoms with Crippen molar-refractivity contribution in [1.29, 1.82) is 0 Å². The van der Waals surface area contributed by atoms with Gasteiger partial charge in [0.15, 0.2) is 0 Å². The summed E-state index contributed by atoms with van der Waals surface area (Å²) < 4.78 is 0. The number of hydrogen-bond donors (Lipinski definition) is 0. The predicted molar refractivity (Wildman–Crippen MR) is 138 cm³/mol. The molecule has 0 radical (unpaired) electrons. The molecule has 0 aromatic carbocycles. The largest absolute Gasteiger partial charge is 0.0654 e. The summed E-state index contributed by atoms with van der Waals surface area (Å²) in [5, 5.41) is 0. The average molecular weight is 431 g/mol. The fourth-order valence-corrected chi connectivity index (χ4v) is 7.86. The van der Waals surface area contributed by atoms with Crippen LogP contribution in [0.5, 0.6) is 0 Å². The van der Waals surface area contributed by atoms with Crippen LogP contribution >= 0.6 is 0 Å². The third-order valence-corrected chi connectivity index (χ3v) is 9.99. The SMILES string of the molecule is CCCCCCC1CCC(CC(CCC2CCC(CCC)CC2)C2CCCCC2)CC1. The molecule has 31 heavy (non-hydrogen) atoms. The summed E-state index contributed by atoms with van der Waals surface area (Å²) in [5.74, 6) is 6.50. The summed E-state index contributed by atoms with van der Waals surface area (Å²) in [4.78, 5) is 0. The maximum Gasteiger partial charge on any atom is -0.0383 e. The fraction of sp³-hybridized carbons (Fsp3) is 1.00. The van der Waals surface area contributed by atoms with Gasteiger partial charge in [0, 0.05) is 0 Å². The van der Waals surface area contributed by atoms with Crippen molar-refractivity contribution in [3.05, 3.63) is 0 Å². The third-order valence-electron chi connectivity index (χ3n) is 9.99. The van der Waals surface area contributed by atoms with Gasteiger partial charge in [-0.1, -0.05) is 149 Å². The molecule has 0 aromatic heterocycles. The fourth-order valence-electron chi connectivity index (χ4n) is 7.86. The molecule has 3 rings (SSSR count). The van der Waals surface area contributed by atoms with Crippen LogP contribution in [0.15, 0.2) is 0 Å². The summed E-state index contributed by atoms with van der Waals surface area (Å²) in [7, 11) is 0. The molecule has 0 N–H and O–H groups in total. The van der Waals surface area contributed by atoms with Crippen molar-refractivity contribution in [2.24, 2.45) is 35.5 Å². The van der Waals surface area contributed by atoms with Crippen molar-refractivity contribution < 1.29 is 0 Å². The minimum atomic E-state index is 1.08. The molecule has 0 nitrogen and oxygen atoms in total. The zero-order chi connectivity index (χ0) is 21.7. The van der Waals surface area contributed by atoms with Crippen LogP contribution in [0.1, 0.15) is 162 Å². The van der Waals surface area contributed by atoms with Gasteiger partial charge in [-0.05, 0) is 48.3 Å². The quantitative estimate of drug-likeness (QED) is 0.255. The zero-order valence-electron chi connectivity index (χ0n) is 21.7. The van der Waals surface area contributed by atoms with Crippen LogP contribution in [0.25, 0.3) is 0 Å². The van der Waals surface area contributed by atoms with E-state index in [0.29, 0.717) is 0 Å². The maximum absolute atomic E-state index is 2.38. The molecule has 0 saturated heterocycles. The Hall–Kier alpha value is 0. The van der Waals surface area contributed by atoms with Gasteiger partial charge < -0.3 is 0 Å². The third kappa shape index (κ3) is 9.41. The molecule has 3 aliphatic rings. The highest BCUT2D eigenvalue weighted by Gasteiger charge is 2.30. The van der Waals surface area contributed by atoms with E-state index in [1.54, 1.807) is 89.9 Å². The Morgan fingerprint density at radius 2 is 1.10 bits per heavy atom. The van der Waals surface area contributed by atoms with Gasteiger partial charge in [-0.25, -0.2) is 0 Å². The smallest absolute Gasteiger partial charge is 0.0383 e. The molecular formula is C31H58. The van der Waals surface area contributed by atoms with Crippen LogP contribution in [-0.2, 0) is 0 Å². The van der Waals surface area contributed by atoms with E-state index in [4.69, 9.17) is 0 Å². The lowest BCUT2D eigenvalue weighted by molar-refractivity contribution is 0.149. The summed E-state index contributed by atoms with van der Waals surface area (Å²) in [6.45, 7) is 4.71. The van der Waals surface area contributed by atoms with E-state index in [1.807, 2.05) is 0 Å². The second-order valence-corrected chi connectivity index (χ2v) is 12.4. The second kappa shape index (κ2) is 15.0. The first-order valence-electron chi connectivity index (χ1n) is 15.3. The molecule has 0 amide bonds. The van der Waals surface area contributed by atoms with Crippen molar-refractivity contribution in [3.8, 4) is 0 Å². The average Bonchev–Trinajstić information content (AvgIpc) is 2.82. The molecule has 0 bridgehead atoms. The zero-order valence-corrected chi connectivity index (χ0v) is 21.7. The van der Waals surface area contributed by atoms with E-state index in [2.05, 4.69) is 13.8 Å². The van der Waals surface area contributed by atoms with E-state index in [-0.39, 0.29) is 0 Å². The summed E-state index contributed by atoms with van der Waals surface area (Å²) >= 11 is 0. The van der Waals surface area contributed by atoms with Gasteiger partial charge in [0.2, 0.25) is 0 Å². The predicted octanol–water partition coefficient (Wildman–Crippen LogP) is 10.7. The molecular weight excluding hydrogens is 372 g/mol. The van der Waals surface area contributed by atoms with Crippen LogP contribution in [-0.4, -0.2) is 0 Å². The Balaban J connectivity index is 1.40. The number of unbranched alkanes of at least 4 members (excludes halogenated alkanes) is 3. The van der Waals surface area contributed by atoms with Gasteiger partial charge in [0.1, 0.15) is 0 Å². The molecule has 3 fully saturated rings. The van der Waals surface area contributed by atoms with Gasteiger partial charge in [-0.15, -0.1) is 0 Å². The highest BCUT2D eigenvalue weighted by Crippen LogP contribution is 2.43. The van der Waals surface area contributed by atoms with Gasteiger partial charge >= 0.3 is 0 Å². The van der Waals surface area contributed by atoms with E-state index >= 15 is 0 Å². The highest BCUT2D eigenvalue weighted by atomic mass is 14.4. The first-order valence-corrected chi connectivity index (χ1v) is 15.3. The van der Waals surface area contributed by atoms with Gasteiger partial charge in [-0.3, -0.25) is 0 Å².